The summed E-state index contributed by atoms with van der Waals surface area (Å²) >= 11 is 3.33. The monoisotopic (exact) mass is 253 g/mol. The van der Waals surface area contributed by atoms with E-state index in [0.717, 1.165) is 5.33 Å². The van der Waals surface area contributed by atoms with E-state index in [9.17, 15) is 0 Å². The second kappa shape index (κ2) is 3.89. The molecule has 3 nitrogen and oxygen atoms in total. The van der Waals surface area contributed by atoms with Gasteiger partial charge in [-0.3, -0.25) is 0 Å². The summed E-state index contributed by atoms with van der Waals surface area (Å²) in [7, 11) is 0. The van der Waals surface area contributed by atoms with Crippen LogP contribution in [0.3, 0.4) is 0 Å². The van der Waals surface area contributed by atoms with Crippen molar-refractivity contribution in [2.75, 3.05) is 11.9 Å². The average Bonchev–Trinajstić information content (AvgIpc) is 2.27. The van der Waals surface area contributed by atoms with Crippen molar-refractivity contribution >= 4 is 15.9 Å². The Labute approximate surface area is 90.4 Å². The van der Waals surface area contributed by atoms with Crippen LogP contribution in [0, 0.1) is 11.3 Å². The van der Waals surface area contributed by atoms with Gasteiger partial charge in [-0.05, 0) is 12.1 Å². The van der Waals surface area contributed by atoms with Crippen molar-refractivity contribution in [3.63, 3.8) is 0 Å². The number of nitrogens with zero attached hydrogens (tertiary/aromatic N) is 1. The Bertz CT molecular complexity index is 386. The first-order valence-electron chi connectivity index (χ1n) is 4.23. The predicted octanol–water partition coefficient (Wildman–Crippen LogP) is 2.09. The number of hydrogen-bond acceptors (Lipinski definition) is 3. The minimum Gasteiger partial charge on any atom is -0.486 e. The first-order chi connectivity index (χ1) is 6.83. The lowest BCUT2D eigenvalue weighted by Crippen LogP contribution is -2.30. The van der Waals surface area contributed by atoms with Crippen LogP contribution in [0.4, 0.5) is 0 Å². The second-order valence-electron chi connectivity index (χ2n) is 2.98. The highest BCUT2D eigenvalue weighted by Crippen LogP contribution is 2.32. The van der Waals surface area contributed by atoms with E-state index in [4.69, 9.17) is 14.7 Å². The highest BCUT2D eigenvalue weighted by molar-refractivity contribution is 9.09. The molecule has 1 atom stereocenters. The molecule has 0 saturated heterocycles. The van der Waals surface area contributed by atoms with E-state index in [2.05, 4.69) is 22.0 Å². The van der Waals surface area contributed by atoms with Gasteiger partial charge >= 0.3 is 0 Å². The number of hydrogen-bond donors (Lipinski definition) is 0. The van der Waals surface area contributed by atoms with Gasteiger partial charge in [0.15, 0.2) is 11.5 Å². The van der Waals surface area contributed by atoms with E-state index in [0.29, 0.717) is 23.7 Å². The molecule has 0 aromatic heterocycles. The topological polar surface area (TPSA) is 42.2 Å². The highest BCUT2D eigenvalue weighted by Gasteiger charge is 2.19. The van der Waals surface area contributed by atoms with E-state index in [1.54, 1.807) is 18.2 Å². The van der Waals surface area contributed by atoms with Crippen LogP contribution in [0.15, 0.2) is 18.2 Å². The van der Waals surface area contributed by atoms with E-state index in [1.807, 2.05) is 0 Å². The average molecular weight is 254 g/mol. The smallest absolute Gasteiger partial charge is 0.163 e. The molecular formula is C10H8BrNO2. The van der Waals surface area contributed by atoms with E-state index >= 15 is 0 Å². The number of alkyl halides is 1. The molecule has 1 aliphatic heterocycles. The van der Waals surface area contributed by atoms with Gasteiger partial charge in [0.25, 0.3) is 0 Å². The summed E-state index contributed by atoms with van der Waals surface area (Å²) in [5.41, 5.74) is 0.586. The van der Waals surface area contributed by atoms with Crippen LogP contribution in [0.5, 0.6) is 11.5 Å². The molecule has 1 aromatic carbocycles. The summed E-state index contributed by atoms with van der Waals surface area (Å²) in [6.07, 6.45) is 0.0245. The second-order valence-corrected chi connectivity index (χ2v) is 3.63. The molecule has 0 bridgehead atoms. The normalized spacial score (nSPS) is 18.7. The van der Waals surface area contributed by atoms with Crippen molar-refractivity contribution in [1.82, 2.24) is 0 Å². The summed E-state index contributed by atoms with van der Waals surface area (Å²) in [5, 5.41) is 9.43. The first-order valence-corrected chi connectivity index (χ1v) is 5.35. The molecule has 0 saturated carbocycles. The molecule has 0 radical (unpaired) electrons. The van der Waals surface area contributed by atoms with Gasteiger partial charge in [0, 0.05) is 11.4 Å². The van der Waals surface area contributed by atoms with Gasteiger partial charge in [-0.2, -0.15) is 5.26 Å². The molecule has 1 heterocycles. The Morgan fingerprint density at radius 3 is 3.07 bits per heavy atom. The maximum atomic E-state index is 8.71. The number of rotatable bonds is 1. The van der Waals surface area contributed by atoms with Crippen LogP contribution in [-0.2, 0) is 0 Å². The Kier molecular flexibility index (Phi) is 2.60. The van der Waals surface area contributed by atoms with E-state index in [-0.39, 0.29) is 6.10 Å². The Balaban J connectivity index is 2.31. The third-order valence-corrected chi connectivity index (χ3v) is 2.69. The standard InChI is InChI=1S/C10H8BrNO2/c11-4-8-6-13-9-2-1-7(5-12)3-10(9)14-8/h1-3,8H,4,6H2/t8-/m0/s1. The summed E-state index contributed by atoms with van der Waals surface area (Å²) in [6, 6.07) is 7.24. The number of nitriles is 1. The summed E-state index contributed by atoms with van der Waals surface area (Å²) in [4.78, 5) is 0. The fourth-order valence-electron chi connectivity index (χ4n) is 1.26. The van der Waals surface area contributed by atoms with Gasteiger partial charge in [0.1, 0.15) is 12.7 Å². The van der Waals surface area contributed by atoms with Crippen molar-refractivity contribution < 1.29 is 9.47 Å². The van der Waals surface area contributed by atoms with Crippen molar-refractivity contribution in [3.05, 3.63) is 23.8 Å². The highest BCUT2D eigenvalue weighted by atomic mass is 79.9. The van der Waals surface area contributed by atoms with Gasteiger partial charge in [-0.15, -0.1) is 0 Å². The van der Waals surface area contributed by atoms with Gasteiger partial charge < -0.3 is 9.47 Å². The fourth-order valence-corrected chi connectivity index (χ4v) is 1.58. The first kappa shape index (κ1) is 9.35. The lowest BCUT2D eigenvalue weighted by atomic mass is 10.2. The molecule has 72 valence electrons. The van der Waals surface area contributed by atoms with Crippen molar-refractivity contribution in [3.8, 4) is 17.6 Å². The van der Waals surface area contributed by atoms with Crippen LogP contribution in [0.1, 0.15) is 5.56 Å². The van der Waals surface area contributed by atoms with Gasteiger partial charge in [-0.1, -0.05) is 15.9 Å². The molecule has 0 aliphatic carbocycles. The largest absolute Gasteiger partial charge is 0.486 e. The fraction of sp³-hybridized carbons (Fsp3) is 0.300. The number of fused-ring (bicyclic) bond motifs is 1. The van der Waals surface area contributed by atoms with Crippen LogP contribution in [-0.4, -0.2) is 18.0 Å². The maximum Gasteiger partial charge on any atom is 0.163 e. The zero-order valence-electron chi connectivity index (χ0n) is 7.37. The molecule has 0 spiro atoms. The number of benzene rings is 1. The van der Waals surface area contributed by atoms with Gasteiger partial charge in [-0.25, -0.2) is 0 Å². The lowest BCUT2D eigenvalue weighted by Gasteiger charge is -2.25. The van der Waals surface area contributed by atoms with Crippen LogP contribution < -0.4 is 9.47 Å². The Morgan fingerprint density at radius 1 is 1.50 bits per heavy atom. The van der Waals surface area contributed by atoms with Crippen LogP contribution in [0.2, 0.25) is 0 Å². The molecule has 4 heteroatoms. The quantitative estimate of drug-likeness (QED) is 0.720. The minimum absolute atomic E-state index is 0.0245. The van der Waals surface area contributed by atoms with Crippen LogP contribution >= 0.6 is 15.9 Å². The zero-order valence-corrected chi connectivity index (χ0v) is 8.95. The molecule has 0 amide bonds. The summed E-state index contributed by atoms with van der Waals surface area (Å²) < 4.78 is 11.1. The molecule has 0 fully saturated rings. The zero-order chi connectivity index (χ0) is 9.97. The maximum absolute atomic E-state index is 8.71. The predicted molar refractivity (Wildman–Crippen MR) is 54.9 cm³/mol. The SMILES string of the molecule is N#Cc1ccc2c(c1)O[C@@H](CBr)CO2. The minimum atomic E-state index is 0.0245. The molecule has 0 N–H and O–H groups in total. The molecule has 14 heavy (non-hydrogen) atoms. The van der Waals surface area contributed by atoms with Gasteiger partial charge in [0.2, 0.25) is 0 Å². The van der Waals surface area contributed by atoms with Gasteiger partial charge in [0.05, 0.1) is 11.6 Å². The number of ether oxygens (including phenoxy) is 2. The van der Waals surface area contributed by atoms with Crippen molar-refractivity contribution in [2.24, 2.45) is 0 Å². The number of halogens is 1. The Morgan fingerprint density at radius 2 is 2.36 bits per heavy atom. The van der Waals surface area contributed by atoms with Crippen molar-refractivity contribution in [2.45, 2.75) is 6.10 Å². The summed E-state index contributed by atoms with van der Waals surface area (Å²) in [5.74, 6) is 1.36. The molecular weight excluding hydrogens is 246 g/mol. The Hall–Kier alpha value is -1.21. The molecule has 2 rings (SSSR count). The van der Waals surface area contributed by atoms with Crippen molar-refractivity contribution in [1.29, 1.82) is 5.26 Å². The van der Waals surface area contributed by atoms with E-state index in [1.165, 1.54) is 0 Å². The molecule has 1 aromatic rings. The third kappa shape index (κ3) is 1.68. The third-order valence-electron chi connectivity index (χ3n) is 1.96. The summed E-state index contributed by atoms with van der Waals surface area (Å²) in [6.45, 7) is 0.546. The van der Waals surface area contributed by atoms with Crippen LogP contribution in [0.25, 0.3) is 0 Å². The van der Waals surface area contributed by atoms with E-state index < -0.39 is 0 Å². The molecule has 0 unspecified atom stereocenters. The lowest BCUT2D eigenvalue weighted by molar-refractivity contribution is 0.108. The molecule has 1 aliphatic rings.